The third-order valence-corrected chi connectivity index (χ3v) is 4.19. The summed E-state index contributed by atoms with van der Waals surface area (Å²) in [7, 11) is 0. The van der Waals surface area contributed by atoms with Gasteiger partial charge in [-0.15, -0.1) is 0 Å². The van der Waals surface area contributed by atoms with E-state index in [4.69, 9.17) is 4.74 Å². The zero-order valence-corrected chi connectivity index (χ0v) is 15.8. The van der Waals surface area contributed by atoms with Gasteiger partial charge in [0.2, 0.25) is 0 Å². The third kappa shape index (κ3) is 5.76. The van der Waals surface area contributed by atoms with Crippen molar-refractivity contribution in [2.24, 2.45) is 0 Å². The number of aromatic nitrogens is 3. The first-order chi connectivity index (χ1) is 13.8. The van der Waals surface area contributed by atoms with Crippen LogP contribution in [-0.2, 0) is 10.9 Å². The molecule has 8 nitrogen and oxygen atoms in total. The molecule has 0 aliphatic carbocycles. The molecule has 0 unspecified atom stereocenters. The molecular formula is C18H21F3N6O2. The molecule has 1 aliphatic rings. The van der Waals surface area contributed by atoms with Crippen molar-refractivity contribution in [3.05, 3.63) is 41.5 Å². The molecule has 156 valence electrons. The van der Waals surface area contributed by atoms with E-state index in [0.29, 0.717) is 31.4 Å². The lowest BCUT2D eigenvalue weighted by Gasteiger charge is -2.28. The molecule has 2 aromatic rings. The summed E-state index contributed by atoms with van der Waals surface area (Å²) >= 11 is 0. The van der Waals surface area contributed by atoms with Gasteiger partial charge in [0.25, 0.3) is 5.91 Å². The van der Waals surface area contributed by atoms with Crippen LogP contribution in [0.25, 0.3) is 0 Å². The Morgan fingerprint density at radius 2 is 1.97 bits per heavy atom. The van der Waals surface area contributed by atoms with Crippen molar-refractivity contribution in [2.45, 2.75) is 13.1 Å². The van der Waals surface area contributed by atoms with E-state index in [-0.39, 0.29) is 12.1 Å². The number of nitrogens with zero attached hydrogens (tertiary/aromatic N) is 4. The number of morpholine rings is 1. The first-order valence-electron chi connectivity index (χ1n) is 9.06. The summed E-state index contributed by atoms with van der Waals surface area (Å²) in [6, 6.07) is 3.71. The number of aryl methyl sites for hydroxylation is 1. The molecule has 0 spiro atoms. The lowest BCUT2D eigenvalue weighted by atomic mass is 10.2. The fourth-order valence-corrected chi connectivity index (χ4v) is 2.76. The molecule has 1 saturated heterocycles. The van der Waals surface area contributed by atoms with Gasteiger partial charge in [0.15, 0.2) is 0 Å². The molecule has 0 atom stereocenters. The maximum absolute atomic E-state index is 12.5. The molecule has 2 N–H and O–H groups in total. The molecule has 11 heteroatoms. The summed E-state index contributed by atoms with van der Waals surface area (Å²) in [4.78, 5) is 26.2. The Balaban J connectivity index is 1.50. The van der Waals surface area contributed by atoms with Crippen molar-refractivity contribution in [1.82, 2.24) is 20.3 Å². The van der Waals surface area contributed by atoms with Gasteiger partial charge in [0.05, 0.1) is 18.8 Å². The quantitative estimate of drug-likeness (QED) is 0.703. The molecule has 1 fully saturated rings. The van der Waals surface area contributed by atoms with E-state index in [0.717, 1.165) is 37.2 Å². The summed E-state index contributed by atoms with van der Waals surface area (Å²) in [6.45, 7) is 5.26. The summed E-state index contributed by atoms with van der Waals surface area (Å²) in [5, 5.41) is 5.74. The SMILES string of the molecule is Cc1nc(NCCNC(=O)c2ccc(C(F)(F)F)nc2)cc(N2CCOCC2)n1. The minimum absolute atomic E-state index is 0.0606. The second-order valence-electron chi connectivity index (χ2n) is 6.37. The van der Waals surface area contributed by atoms with Gasteiger partial charge < -0.3 is 20.3 Å². The van der Waals surface area contributed by atoms with Crippen LogP contribution >= 0.6 is 0 Å². The molecular weight excluding hydrogens is 389 g/mol. The molecule has 0 aromatic carbocycles. The molecule has 2 aromatic heterocycles. The van der Waals surface area contributed by atoms with Gasteiger partial charge in [-0.25, -0.2) is 9.97 Å². The van der Waals surface area contributed by atoms with Crippen molar-refractivity contribution in [3.63, 3.8) is 0 Å². The van der Waals surface area contributed by atoms with Crippen molar-refractivity contribution in [3.8, 4) is 0 Å². The van der Waals surface area contributed by atoms with Crippen LogP contribution in [0.5, 0.6) is 0 Å². The largest absolute Gasteiger partial charge is 0.433 e. The number of alkyl halides is 3. The van der Waals surface area contributed by atoms with Gasteiger partial charge >= 0.3 is 6.18 Å². The second-order valence-corrected chi connectivity index (χ2v) is 6.37. The Morgan fingerprint density at radius 3 is 2.62 bits per heavy atom. The van der Waals surface area contributed by atoms with Crippen LogP contribution in [0, 0.1) is 6.92 Å². The fraction of sp³-hybridized carbons (Fsp3) is 0.444. The number of anilines is 2. The number of hydrogen-bond acceptors (Lipinski definition) is 7. The lowest BCUT2D eigenvalue weighted by Crippen LogP contribution is -2.37. The highest BCUT2D eigenvalue weighted by molar-refractivity contribution is 5.93. The monoisotopic (exact) mass is 410 g/mol. The minimum Gasteiger partial charge on any atom is -0.378 e. The van der Waals surface area contributed by atoms with Crippen LogP contribution in [-0.4, -0.2) is 60.3 Å². The van der Waals surface area contributed by atoms with Gasteiger partial charge in [-0.3, -0.25) is 9.78 Å². The van der Waals surface area contributed by atoms with E-state index in [1.165, 1.54) is 0 Å². The maximum atomic E-state index is 12.5. The Labute approximate surface area is 165 Å². The number of rotatable bonds is 6. The number of nitrogens with one attached hydrogen (secondary N) is 2. The van der Waals surface area contributed by atoms with E-state index in [1.54, 1.807) is 6.92 Å². The summed E-state index contributed by atoms with van der Waals surface area (Å²) in [5.74, 6) is 1.56. The molecule has 1 aliphatic heterocycles. The van der Waals surface area contributed by atoms with Gasteiger partial charge in [-0.1, -0.05) is 0 Å². The zero-order chi connectivity index (χ0) is 20.9. The Hall–Kier alpha value is -2.95. The van der Waals surface area contributed by atoms with E-state index in [9.17, 15) is 18.0 Å². The number of hydrogen-bond donors (Lipinski definition) is 2. The van der Waals surface area contributed by atoms with E-state index in [1.807, 2.05) is 6.07 Å². The maximum Gasteiger partial charge on any atom is 0.433 e. The Morgan fingerprint density at radius 1 is 1.21 bits per heavy atom. The van der Waals surface area contributed by atoms with Crippen LogP contribution < -0.4 is 15.5 Å². The van der Waals surface area contributed by atoms with Crippen molar-refractivity contribution >= 4 is 17.5 Å². The molecule has 0 bridgehead atoms. The van der Waals surface area contributed by atoms with E-state index >= 15 is 0 Å². The van der Waals surface area contributed by atoms with Gasteiger partial charge in [-0.05, 0) is 19.1 Å². The first-order valence-corrected chi connectivity index (χ1v) is 9.06. The fourth-order valence-electron chi connectivity index (χ4n) is 2.76. The van der Waals surface area contributed by atoms with Gasteiger partial charge in [0.1, 0.15) is 23.2 Å². The smallest absolute Gasteiger partial charge is 0.378 e. The predicted octanol–water partition coefficient (Wildman–Crippen LogP) is 1.88. The van der Waals surface area contributed by atoms with Crippen LogP contribution in [0.2, 0.25) is 0 Å². The first kappa shape index (κ1) is 20.8. The molecule has 3 heterocycles. The highest BCUT2D eigenvalue weighted by atomic mass is 19.4. The van der Waals surface area contributed by atoms with E-state index < -0.39 is 17.8 Å². The molecule has 0 saturated carbocycles. The average Bonchev–Trinajstić information content (AvgIpc) is 2.71. The van der Waals surface area contributed by atoms with E-state index in [2.05, 4.69) is 30.5 Å². The van der Waals surface area contributed by atoms with Crippen LogP contribution in [0.4, 0.5) is 24.8 Å². The molecule has 1 amide bonds. The average molecular weight is 410 g/mol. The van der Waals surface area contributed by atoms with Gasteiger partial charge in [0, 0.05) is 38.4 Å². The summed E-state index contributed by atoms with van der Waals surface area (Å²) in [6.07, 6.45) is -3.62. The molecule has 3 rings (SSSR count). The topological polar surface area (TPSA) is 92.3 Å². The number of pyridine rings is 1. The normalized spacial score (nSPS) is 14.6. The standard InChI is InChI=1S/C18H21F3N6O2/c1-12-25-15(10-16(26-12)27-6-8-29-9-7-27)22-4-5-23-17(28)13-2-3-14(24-11-13)18(19,20)21/h2-3,10-11H,4-9H2,1H3,(H,23,28)(H,22,25,26). The van der Waals surface area contributed by atoms with Crippen molar-refractivity contribution < 1.29 is 22.7 Å². The van der Waals surface area contributed by atoms with Crippen LogP contribution in [0.3, 0.4) is 0 Å². The number of carbonyl (C=O) groups excluding carboxylic acids is 1. The summed E-state index contributed by atoms with van der Waals surface area (Å²) < 4.78 is 42.9. The number of amides is 1. The Bertz CT molecular complexity index is 838. The van der Waals surface area contributed by atoms with Crippen molar-refractivity contribution in [1.29, 1.82) is 0 Å². The molecule has 0 radical (unpaired) electrons. The molecule has 29 heavy (non-hydrogen) atoms. The number of carbonyl (C=O) groups is 1. The Kier molecular flexibility index (Phi) is 6.47. The van der Waals surface area contributed by atoms with Crippen LogP contribution in [0.15, 0.2) is 24.4 Å². The minimum atomic E-state index is -4.53. The van der Waals surface area contributed by atoms with Crippen LogP contribution in [0.1, 0.15) is 21.9 Å². The highest BCUT2D eigenvalue weighted by Gasteiger charge is 2.32. The highest BCUT2D eigenvalue weighted by Crippen LogP contribution is 2.27. The van der Waals surface area contributed by atoms with Crippen molar-refractivity contribution in [2.75, 3.05) is 49.6 Å². The zero-order valence-electron chi connectivity index (χ0n) is 15.8. The predicted molar refractivity (Wildman–Crippen MR) is 99.9 cm³/mol. The number of ether oxygens (including phenoxy) is 1. The lowest BCUT2D eigenvalue weighted by molar-refractivity contribution is -0.141. The summed E-state index contributed by atoms with van der Waals surface area (Å²) in [5.41, 5.74) is -0.976. The second kappa shape index (κ2) is 9.03. The third-order valence-electron chi connectivity index (χ3n) is 4.19. The number of halogens is 3. The van der Waals surface area contributed by atoms with Gasteiger partial charge in [-0.2, -0.15) is 13.2 Å².